The highest BCUT2D eigenvalue weighted by Crippen LogP contribution is 2.35. The first kappa shape index (κ1) is 11.1. The van der Waals surface area contributed by atoms with Crippen LogP contribution in [-0.4, -0.2) is 22.6 Å². The molecule has 0 aromatic heterocycles. The molecular weight excluding hydrogens is 167 g/mol. The van der Waals surface area contributed by atoms with Gasteiger partial charge < -0.3 is 9.79 Å². The maximum atomic E-state index is 10.3. The molecule has 0 aliphatic carbocycles. The van der Waals surface area contributed by atoms with Crippen molar-refractivity contribution in [1.29, 1.82) is 0 Å². The van der Waals surface area contributed by atoms with Gasteiger partial charge in [0.1, 0.15) is 0 Å². The van der Waals surface area contributed by atoms with Crippen LogP contribution >= 0.6 is 7.60 Å². The topological polar surface area (TPSA) is 77.4 Å². The summed E-state index contributed by atoms with van der Waals surface area (Å²) in [4.78, 5) is 16.8. The Hall–Kier alpha value is 0.110. The summed E-state index contributed by atoms with van der Waals surface area (Å²) in [6.45, 7) is -0.0874. The Morgan fingerprint density at radius 1 is 1.00 bits per heavy atom. The lowest BCUT2D eigenvalue weighted by Gasteiger charge is -2.01. The van der Waals surface area contributed by atoms with E-state index < -0.39 is 7.60 Å². The summed E-state index contributed by atoms with van der Waals surface area (Å²) >= 11 is 0. The molecule has 0 atom stereocenters. The second kappa shape index (κ2) is 5.72. The fourth-order valence-corrected chi connectivity index (χ4v) is 1.41. The Kier molecular flexibility index (Phi) is 5.78. The molecule has 0 aromatic rings. The van der Waals surface area contributed by atoms with Crippen molar-refractivity contribution in [2.24, 2.45) is 0 Å². The van der Waals surface area contributed by atoms with Gasteiger partial charge in [0.2, 0.25) is 0 Å². The van der Waals surface area contributed by atoms with E-state index >= 15 is 0 Å². The van der Waals surface area contributed by atoms with E-state index in [4.69, 9.17) is 9.79 Å². The van der Waals surface area contributed by atoms with Crippen molar-refractivity contribution < 1.29 is 19.5 Å². The number of rotatable bonds is 6. The summed E-state index contributed by atoms with van der Waals surface area (Å²) < 4.78 is 10.3. The molecule has 1 radical (unpaired) electrons. The van der Waals surface area contributed by atoms with Gasteiger partial charge in [-0.25, -0.2) is 5.11 Å². The lowest BCUT2D eigenvalue weighted by atomic mass is 10.2. The van der Waals surface area contributed by atoms with E-state index in [1.54, 1.807) is 0 Å². The monoisotopic (exact) mass is 181 g/mol. The third-order valence-electron chi connectivity index (χ3n) is 1.34. The van der Waals surface area contributed by atoms with Crippen molar-refractivity contribution in [2.45, 2.75) is 25.7 Å². The molecule has 0 rings (SSSR count). The second-order valence-electron chi connectivity index (χ2n) is 2.51. The van der Waals surface area contributed by atoms with Gasteiger partial charge in [-0.1, -0.05) is 12.8 Å². The molecule has 0 fully saturated rings. The minimum Gasteiger partial charge on any atom is -0.324 e. The first-order chi connectivity index (χ1) is 5.06. The molecule has 4 nitrogen and oxygen atoms in total. The van der Waals surface area contributed by atoms with Gasteiger partial charge >= 0.3 is 7.60 Å². The normalized spacial score (nSPS) is 11.9. The van der Waals surface area contributed by atoms with Crippen molar-refractivity contribution in [3.8, 4) is 0 Å². The van der Waals surface area contributed by atoms with Gasteiger partial charge in [0, 0.05) is 6.16 Å². The van der Waals surface area contributed by atoms with Crippen molar-refractivity contribution in [1.82, 2.24) is 0 Å². The van der Waals surface area contributed by atoms with Gasteiger partial charge in [-0.3, -0.25) is 4.57 Å². The zero-order valence-electron chi connectivity index (χ0n) is 6.40. The molecule has 0 aromatic carbocycles. The maximum absolute atomic E-state index is 10.3. The van der Waals surface area contributed by atoms with Crippen molar-refractivity contribution in [2.75, 3.05) is 12.8 Å². The van der Waals surface area contributed by atoms with Crippen LogP contribution in [0.1, 0.15) is 25.7 Å². The zero-order chi connectivity index (χ0) is 8.74. The van der Waals surface area contributed by atoms with Gasteiger partial charge in [0.25, 0.3) is 0 Å². The molecule has 0 saturated carbocycles. The van der Waals surface area contributed by atoms with E-state index in [1.165, 1.54) is 0 Å². The Labute approximate surface area is 66.4 Å². The SMILES string of the molecule is [O]CCCCCCP(=O)(O)O. The molecule has 0 aliphatic heterocycles. The molecule has 0 heterocycles. The minimum absolute atomic E-state index is 0.0497. The first-order valence-electron chi connectivity index (χ1n) is 3.69. The van der Waals surface area contributed by atoms with Crippen LogP contribution < -0.4 is 0 Å². The van der Waals surface area contributed by atoms with Gasteiger partial charge in [0.05, 0.1) is 6.61 Å². The molecular formula is C6H14O4P. The van der Waals surface area contributed by atoms with E-state index in [1.807, 2.05) is 0 Å². The smallest absolute Gasteiger partial charge is 0.324 e. The third kappa shape index (κ3) is 10.1. The lowest BCUT2D eigenvalue weighted by Crippen LogP contribution is -1.88. The van der Waals surface area contributed by atoms with Crippen LogP contribution in [0.25, 0.3) is 0 Å². The van der Waals surface area contributed by atoms with Crippen LogP contribution in [0.15, 0.2) is 0 Å². The number of unbranched alkanes of at least 4 members (excludes halogenated alkanes) is 3. The van der Waals surface area contributed by atoms with Crippen molar-refractivity contribution in [3.63, 3.8) is 0 Å². The summed E-state index contributed by atoms with van der Waals surface area (Å²) in [5, 5.41) is 9.94. The van der Waals surface area contributed by atoms with Crippen LogP contribution in [0.3, 0.4) is 0 Å². The highest BCUT2D eigenvalue weighted by molar-refractivity contribution is 7.51. The predicted molar refractivity (Wildman–Crippen MR) is 40.9 cm³/mol. The summed E-state index contributed by atoms with van der Waals surface area (Å²) in [5.74, 6) is 0. The quantitative estimate of drug-likeness (QED) is 0.476. The number of hydrogen-bond donors (Lipinski definition) is 2. The summed E-state index contributed by atoms with van der Waals surface area (Å²) in [7, 11) is -3.79. The van der Waals surface area contributed by atoms with E-state index in [2.05, 4.69) is 0 Å². The van der Waals surface area contributed by atoms with Gasteiger partial charge in [-0.2, -0.15) is 0 Å². The fourth-order valence-electron chi connectivity index (χ4n) is 0.773. The van der Waals surface area contributed by atoms with Crippen LogP contribution in [-0.2, 0) is 9.67 Å². The molecule has 67 valence electrons. The van der Waals surface area contributed by atoms with Gasteiger partial charge in [-0.15, -0.1) is 0 Å². The van der Waals surface area contributed by atoms with Crippen LogP contribution in [0.4, 0.5) is 0 Å². The molecule has 0 unspecified atom stereocenters. The molecule has 0 saturated heterocycles. The van der Waals surface area contributed by atoms with Crippen molar-refractivity contribution >= 4 is 7.60 Å². The third-order valence-corrected chi connectivity index (χ3v) is 2.24. The van der Waals surface area contributed by atoms with E-state index in [9.17, 15) is 9.67 Å². The lowest BCUT2D eigenvalue weighted by molar-refractivity contribution is 0.186. The standard InChI is InChI=1S/C6H14O4P/c7-5-3-1-2-4-6-11(8,9)10/h1-6H2,(H2,8,9,10). The Bertz CT molecular complexity index is 131. The largest absolute Gasteiger partial charge is 0.325 e. The molecule has 5 heteroatoms. The van der Waals surface area contributed by atoms with Crippen LogP contribution in [0.2, 0.25) is 0 Å². The highest BCUT2D eigenvalue weighted by Gasteiger charge is 2.10. The Morgan fingerprint density at radius 3 is 2.00 bits per heavy atom. The molecule has 0 amide bonds. The molecule has 0 spiro atoms. The molecule has 2 N–H and O–H groups in total. The average Bonchev–Trinajstić information content (AvgIpc) is 1.85. The Morgan fingerprint density at radius 2 is 1.55 bits per heavy atom. The van der Waals surface area contributed by atoms with Crippen molar-refractivity contribution in [3.05, 3.63) is 0 Å². The minimum atomic E-state index is -3.79. The van der Waals surface area contributed by atoms with Crippen LogP contribution in [0, 0.1) is 0 Å². The van der Waals surface area contributed by atoms with E-state index in [-0.39, 0.29) is 12.8 Å². The predicted octanol–water partition coefficient (Wildman–Crippen LogP) is 1.16. The maximum Gasteiger partial charge on any atom is 0.325 e. The van der Waals surface area contributed by atoms with E-state index in [0.29, 0.717) is 12.8 Å². The average molecular weight is 181 g/mol. The fraction of sp³-hybridized carbons (Fsp3) is 1.00. The first-order valence-corrected chi connectivity index (χ1v) is 5.49. The number of hydrogen-bond acceptors (Lipinski definition) is 1. The highest BCUT2D eigenvalue weighted by atomic mass is 31.2. The van der Waals surface area contributed by atoms with Crippen LogP contribution in [0.5, 0.6) is 0 Å². The molecule has 0 bridgehead atoms. The molecule has 11 heavy (non-hydrogen) atoms. The summed E-state index contributed by atoms with van der Waals surface area (Å²) in [6, 6.07) is 0. The second-order valence-corrected chi connectivity index (χ2v) is 4.28. The zero-order valence-corrected chi connectivity index (χ0v) is 7.30. The molecule has 0 aliphatic rings. The van der Waals surface area contributed by atoms with Gasteiger partial charge in [0.15, 0.2) is 0 Å². The van der Waals surface area contributed by atoms with E-state index in [0.717, 1.165) is 12.8 Å². The summed E-state index contributed by atoms with van der Waals surface area (Å²) in [6.07, 6.45) is 2.61. The van der Waals surface area contributed by atoms with Gasteiger partial charge in [-0.05, 0) is 12.8 Å². The summed E-state index contributed by atoms with van der Waals surface area (Å²) in [5.41, 5.74) is 0. The Balaban J connectivity index is 3.09.